The summed E-state index contributed by atoms with van der Waals surface area (Å²) in [5.41, 5.74) is 0. The average Bonchev–Trinajstić information content (AvgIpc) is 3.22. The molecule has 58 heavy (non-hydrogen) atoms. The largest absolute Gasteiger partial charge is 0.462 e. The van der Waals surface area contributed by atoms with Crippen LogP contribution in [0.4, 0.5) is 0 Å². The number of esters is 1. The molecule has 3 atom stereocenters. The van der Waals surface area contributed by atoms with Crippen LogP contribution in [0.25, 0.3) is 0 Å². The predicted molar refractivity (Wildman–Crippen MR) is 250 cm³/mol. The second-order valence-electron chi connectivity index (χ2n) is 17.2. The molecule has 6 nitrogen and oxygen atoms in total. The molecular formula is C52H97NO5. The molecule has 0 rings (SSSR count). The fraction of sp³-hybridized carbons (Fsp3) is 0.846. The summed E-state index contributed by atoms with van der Waals surface area (Å²) < 4.78 is 5.90. The molecule has 0 radical (unpaired) electrons. The van der Waals surface area contributed by atoms with Crippen molar-refractivity contribution in [1.29, 1.82) is 0 Å². The van der Waals surface area contributed by atoms with Crippen molar-refractivity contribution in [1.82, 2.24) is 5.32 Å². The lowest BCUT2D eigenvalue weighted by Gasteiger charge is -2.24. The van der Waals surface area contributed by atoms with Crippen LogP contribution in [-0.2, 0) is 14.3 Å². The van der Waals surface area contributed by atoms with Gasteiger partial charge in [0.2, 0.25) is 5.91 Å². The van der Waals surface area contributed by atoms with E-state index in [-0.39, 0.29) is 24.9 Å². The van der Waals surface area contributed by atoms with E-state index in [1.807, 2.05) is 0 Å². The van der Waals surface area contributed by atoms with E-state index in [4.69, 9.17) is 4.74 Å². The number of carbonyl (C=O) groups is 2. The van der Waals surface area contributed by atoms with Gasteiger partial charge in [0.15, 0.2) is 0 Å². The lowest BCUT2D eigenvalue weighted by atomic mass is 10.0. The first kappa shape index (κ1) is 56.1. The zero-order valence-corrected chi connectivity index (χ0v) is 38.7. The van der Waals surface area contributed by atoms with E-state index in [9.17, 15) is 19.8 Å². The third kappa shape index (κ3) is 40.8. The Morgan fingerprint density at radius 2 is 0.914 bits per heavy atom. The normalized spacial score (nSPS) is 13.5. The number of hydrogen-bond donors (Lipinski definition) is 3. The van der Waals surface area contributed by atoms with Gasteiger partial charge in [0.05, 0.1) is 25.2 Å². The van der Waals surface area contributed by atoms with Gasteiger partial charge in [-0.3, -0.25) is 9.59 Å². The lowest BCUT2D eigenvalue weighted by Crippen LogP contribution is -2.46. The molecule has 1 amide bonds. The van der Waals surface area contributed by atoms with Crippen LogP contribution in [0.3, 0.4) is 0 Å². The first-order valence-electron chi connectivity index (χ1n) is 25.2. The van der Waals surface area contributed by atoms with E-state index in [0.29, 0.717) is 19.3 Å². The summed E-state index contributed by atoms with van der Waals surface area (Å²) in [7, 11) is 0. The molecular weight excluding hydrogens is 719 g/mol. The molecule has 0 aliphatic rings. The molecule has 0 fully saturated rings. The molecule has 0 bridgehead atoms. The lowest BCUT2D eigenvalue weighted by molar-refractivity contribution is -0.151. The van der Waals surface area contributed by atoms with Crippen LogP contribution in [0, 0.1) is 0 Å². The van der Waals surface area contributed by atoms with Gasteiger partial charge < -0.3 is 20.3 Å². The number of amides is 1. The molecule has 340 valence electrons. The van der Waals surface area contributed by atoms with Crippen LogP contribution >= 0.6 is 0 Å². The molecule has 0 saturated carbocycles. The maximum absolute atomic E-state index is 13.2. The van der Waals surface area contributed by atoms with E-state index < -0.39 is 18.2 Å². The minimum Gasteiger partial charge on any atom is -0.462 e. The van der Waals surface area contributed by atoms with Gasteiger partial charge in [-0.15, -0.1) is 0 Å². The van der Waals surface area contributed by atoms with Crippen molar-refractivity contribution >= 4 is 11.9 Å². The number of nitrogens with one attached hydrogen (secondary N) is 1. The number of rotatable bonds is 45. The van der Waals surface area contributed by atoms with Crippen molar-refractivity contribution in [2.24, 2.45) is 0 Å². The number of allylic oxidation sites excluding steroid dienone is 6. The zero-order valence-electron chi connectivity index (χ0n) is 38.7. The van der Waals surface area contributed by atoms with Gasteiger partial charge in [-0.2, -0.15) is 0 Å². The van der Waals surface area contributed by atoms with E-state index >= 15 is 0 Å². The molecule has 0 saturated heterocycles. The number of ether oxygens (including phenoxy) is 1. The third-order valence-corrected chi connectivity index (χ3v) is 11.5. The van der Waals surface area contributed by atoms with Crippen LogP contribution in [0.2, 0.25) is 0 Å². The Hall–Kier alpha value is -1.92. The summed E-state index contributed by atoms with van der Waals surface area (Å²) in [6.07, 6.45) is 53.5. The van der Waals surface area contributed by atoms with Crippen molar-refractivity contribution in [2.45, 2.75) is 277 Å². The SMILES string of the molecule is CCC/C=C\CCCCCCCC(=O)OC(CCCCCC/C=C/C=C/CCCCC)CC(=O)NC(CO)C(O)CCCCCCCCCCCCCCCCCC. The topological polar surface area (TPSA) is 95.9 Å². The monoisotopic (exact) mass is 816 g/mol. The Morgan fingerprint density at radius 1 is 0.500 bits per heavy atom. The number of aliphatic hydroxyl groups is 2. The van der Waals surface area contributed by atoms with Gasteiger partial charge in [0.25, 0.3) is 0 Å². The highest BCUT2D eigenvalue weighted by molar-refractivity contribution is 5.77. The minimum atomic E-state index is -0.792. The highest BCUT2D eigenvalue weighted by Gasteiger charge is 2.24. The van der Waals surface area contributed by atoms with E-state index in [2.05, 4.69) is 62.5 Å². The van der Waals surface area contributed by atoms with Crippen LogP contribution in [0.1, 0.15) is 258 Å². The first-order valence-corrected chi connectivity index (χ1v) is 25.2. The van der Waals surface area contributed by atoms with Crippen LogP contribution < -0.4 is 5.32 Å². The third-order valence-electron chi connectivity index (χ3n) is 11.5. The quantitative estimate of drug-likeness (QED) is 0.0246. The second kappa shape index (κ2) is 46.2. The summed E-state index contributed by atoms with van der Waals surface area (Å²) in [6, 6.07) is -0.707. The first-order chi connectivity index (χ1) is 28.5. The highest BCUT2D eigenvalue weighted by atomic mass is 16.5. The summed E-state index contributed by atoms with van der Waals surface area (Å²) in [5, 5.41) is 23.7. The fourth-order valence-corrected chi connectivity index (χ4v) is 7.60. The van der Waals surface area contributed by atoms with Crippen molar-refractivity contribution in [2.75, 3.05) is 6.61 Å². The van der Waals surface area contributed by atoms with Crippen LogP contribution in [0.5, 0.6) is 0 Å². The van der Waals surface area contributed by atoms with E-state index in [1.165, 1.54) is 122 Å². The molecule has 0 heterocycles. The maximum Gasteiger partial charge on any atom is 0.306 e. The zero-order chi connectivity index (χ0) is 42.4. The van der Waals surface area contributed by atoms with Gasteiger partial charge in [-0.25, -0.2) is 0 Å². The van der Waals surface area contributed by atoms with Gasteiger partial charge in [0, 0.05) is 6.42 Å². The molecule has 0 aliphatic carbocycles. The number of unbranched alkanes of at least 4 members (excludes halogenated alkanes) is 28. The Labute approximate surface area is 360 Å². The molecule has 3 N–H and O–H groups in total. The van der Waals surface area contributed by atoms with Crippen LogP contribution in [0.15, 0.2) is 36.5 Å². The molecule has 6 heteroatoms. The van der Waals surface area contributed by atoms with Gasteiger partial charge in [0.1, 0.15) is 6.10 Å². The highest BCUT2D eigenvalue weighted by Crippen LogP contribution is 2.18. The Morgan fingerprint density at radius 3 is 1.43 bits per heavy atom. The van der Waals surface area contributed by atoms with Crippen molar-refractivity contribution in [3.05, 3.63) is 36.5 Å². The minimum absolute atomic E-state index is 0.0624. The predicted octanol–water partition coefficient (Wildman–Crippen LogP) is 14.9. The van der Waals surface area contributed by atoms with Crippen LogP contribution in [-0.4, -0.2) is 46.9 Å². The smallest absolute Gasteiger partial charge is 0.306 e. The summed E-state index contributed by atoms with van der Waals surface area (Å²) in [4.78, 5) is 26.0. The Kier molecular flexibility index (Phi) is 44.6. The molecule has 0 spiro atoms. The van der Waals surface area contributed by atoms with Gasteiger partial charge >= 0.3 is 5.97 Å². The number of hydrogen-bond acceptors (Lipinski definition) is 5. The van der Waals surface area contributed by atoms with Crippen molar-refractivity contribution in [3.63, 3.8) is 0 Å². The number of carbonyl (C=O) groups excluding carboxylic acids is 2. The average molecular weight is 816 g/mol. The van der Waals surface area contributed by atoms with Gasteiger partial charge in [-0.1, -0.05) is 211 Å². The Balaban J connectivity index is 4.53. The number of aliphatic hydroxyl groups excluding tert-OH is 2. The van der Waals surface area contributed by atoms with Crippen molar-refractivity contribution < 1.29 is 24.5 Å². The van der Waals surface area contributed by atoms with Crippen molar-refractivity contribution in [3.8, 4) is 0 Å². The fourth-order valence-electron chi connectivity index (χ4n) is 7.60. The summed E-state index contributed by atoms with van der Waals surface area (Å²) in [5.74, 6) is -0.501. The Bertz CT molecular complexity index is 961. The molecule has 0 aliphatic heterocycles. The molecule has 3 unspecified atom stereocenters. The summed E-state index contributed by atoms with van der Waals surface area (Å²) in [6.45, 7) is 6.39. The van der Waals surface area contributed by atoms with E-state index in [0.717, 1.165) is 89.9 Å². The maximum atomic E-state index is 13.2. The molecule has 0 aromatic heterocycles. The standard InChI is InChI=1S/C52H97NO5/c1-4-7-10-13-16-19-22-24-25-26-28-30-32-35-38-41-44-50(55)49(47-54)53-51(56)46-48(43-40-37-34-31-29-27-23-20-17-14-11-8-5-2)58-52(57)45-42-39-36-33-21-18-15-12-9-6-3/h12,15,17,20,23,27,48-50,54-55H,4-11,13-14,16,18-19,21-22,24-26,28-47H2,1-3H3,(H,53,56)/b15-12-,20-17+,27-23+. The van der Waals surface area contributed by atoms with E-state index in [1.54, 1.807) is 0 Å². The summed E-state index contributed by atoms with van der Waals surface area (Å²) >= 11 is 0. The second-order valence-corrected chi connectivity index (χ2v) is 17.2. The van der Waals surface area contributed by atoms with Gasteiger partial charge in [-0.05, 0) is 70.6 Å². The molecule has 0 aromatic carbocycles. The molecule has 0 aromatic rings.